The van der Waals surface area contributed by atoms with Crippen LogP contribution in [0, 0.1) is 13.8 Å². The molecule has 7 heteroatoms. The lowest BCUT2D eigenvalue weighted by Gasteiger charge is -2.03. The van der Waals surface area contributed by atoms with Crippen LogP contribution in [0.3, 0.4) is 0 Å². The fraction of sp³-hybridized carbons (Fsp3) is 0.278. The number of hydrogen-bond acceptors (Lipinski definition) is 3. The van der Waals surface area contributed by atoms with Crippen LogP contribution in [0.5, 0.6) is 0 Å². The molecule has 1 amide bonds. The molecule has 3 aromatic rings. The molecule has 2 N–H and O–H groups in total. The minimum Gasteiger partial charge on any atom is -0.351 e. The van der Waals surface area contributed by atoms with Gasteiger partial charge in [-0.05, 0) is 42.3 Å². The maximum Gasteiger partial charge on any atom is 0.269 e. The van der Waals surface area contributed by atoms with Crippen LogP contribution in [-0.2, 0) is 6.54 Å². The monoisotopic (exact) mass is 401 g/mol. The number of carbonyl (C=O) groups excluding carboxylic acids is 1. The average Bonchev–Trinajstić information content (AvgIpc) is 3.20. The predicted molar refractivity (Wildman–Crippen MR) is 100 cm³/mol. The highest BCUT2D eigenvalue weighted by molar-refractivity contribution is 9.10. The molecule has 3 rings (SSSR count). The molecule has 130 valence electrons. The molecule has 0 saturated heterocycles. The summed E-state index contributed by atoms with van der Waals surface area (Å²) >= 11 is 3.44. The van der Waals surface area contributed by atoms with Crippen LogP contribution in [0.25, 0.3) is 11.3 Å². The van der Waals surface area contributed by atoms with E-state index in [1.54, 1.807) is 6.07 Å². The lowest BCUT2D eigenvalue weighted by atomic mass is 10.1. The molecule has 0 bridgehead atoms. The molecular weight excluding hydrogens is 382 g/mol. The topological polar surface area (TPSA) is 75.6 Å². The summed E-state index contributed by atoms with van der Waals surface area (Å²) in [7, 11) is 0. The van der Waals surface area contributed by atoms with Gasteiger partial charge in [-0.1, -0.05) is 29.8 Å². The molecule has 25 heavy (non-hydrogen) atoms. The molecule has 2 aromatic heterocycles. The fourth-order valence-electron chi connectivity index (χ4n) is 2.46. The zero-order chi connectivity index (χ0) is 17.8. The Morgan fingerprint density at radius 2 is 2.04 bits per heavy atom. The Morgan fingerprint density at radius 1 is 1.28 bits per heavy atom. The first-order valence-electron chi connectivity index (χ1n) is 8.13. The van der Waals surface area contributed by atoms with E-state index >= 15 is 0 Å². The molecule has 0 fully saturated rings. The van der Waals surface area contributed by atoms with Crippen LogP contribution >= 0.6 is 15.9 Å². The second kappa shape index (κ2) is 7.65. The van der Waals surface area contributed by atoms with Crippen molar-refractivity contribution < 1.29 is 4.79 Å². The van der Waals surface area contributed by atoms with Crippen molar-refractivity contribution >= 4 is 21.8 Å². The Kier molecular flexibility index (Phi) is 5.33. The summed E-state index contributed by atoms with van der Waals surface area (Å²) in [4.78, 5) is 12.2. The Morgan fingerprint density at radius 3 is 2.72 bits per heavy atom. The van der Waals surface area contributed by atoms with Crippen LogP contribution in [0.1, 0.15) is 28.2 Å². The minimum absolute atomic E-state index is 0.149. The van der Waals surface area contributed by atoms with Gasteiger partial charge in [-0.2, -0.15) is 10.2 Å². The molecule has 6 nitrogen and oxygen atoms in total. The van der Waals surface area contributed by atoms with Gasteiger partial charge in [0, 0.05) is 24.8 Å². The molecule has 1 aromatic carbocycles. The predicted octanol–water partition coefficient (Wildman–Crippen LogP) is 3.47. The third kappa shape index (κ3) is 4.36. The second-order valence-electron chi connectivity index (χ2n) is 5.97. The second-order valence-corrected chi connectivity index (χ2v) is 6.82. The van der Waals surface area contributed by atoms with Gasteiger partial charge in [-0.25, -0.2) is 0 Å². The van der Waals surface area contributed by atoms with Gasteiger partial charge in [0.05, 0.1) is 15.9 Å². The van der Waals surface area contributed by atoms with Gasteiger partial charge in [0.15, 0.2) is 0 Å². The van der Waals surface area contributed by atoms with Gasteiger partial charge in [0.2, 0.25) is 0 Å². The lowest BCUT2D eigenvalue weighted by Crippen LogP contribution is -2.25. The molecule has 0 radical (unpaired) electrons. The third-order valence-electron chi connectivity index (χ3n) is 3.91. The normalized spacial score (nSPS) is 10.8. The van der Waals surface area contributed by atoms with Crippen molar-refractivity contribution in [3.63, 3.8) is 0 Å². The highest BCUT2D eigenvalue weighted by Gasteiger charge is 2.10. The first kappa shape index (κ1) is 17.4. The van der Waals surface area contributed by atoms with Crippen LogP contribution in [0.15, 0.2) is 41.0 Å². The number of aryl methyl sites for hydroxylation is 3. The van der Waals surface area contributed by atoms with Gasteiger partial charge in [0.25, 0.3) is 5.91 Å². The number of carbonyl (C=O) groups is 1. The molecule has 0 saturated carbocycles. The quantitative estimate of drug-likeness (QED) is 0.620. The molecular formula is C18H20BrN5O. The Bertz CT molecular complexity index is 846. The smallest absolute Gasteiger partial charge is 0.269 e. The maximum atomic E-state index is 12.2. The van der Waals surface area contributed by atoms with Crippen molar-refractivity contribution in [2.45, 2.75) is 26.8 Å². The number of aromatic nitrogens is 4. The zero-order valence-corrected chi connectivity index (χ0v) is 15.8. The summed E-state index contributed by atoms with van der Waals surface area (Å²) in [6, 6.07) is 9.82. The first-order valence-corrected chi connectivity index (χ1v) is 8.92. The standard InChI is InChI=1S/C18H20BrN5O/c1-12-4-6-14(7-5-12)16-10-17(22-21-16)18(25)20-8-3-9-24-11-15(19)13(2)23-24/h4-7,10-11H,3,8-9H2,1-2H3,(H,20,25)(H,21,22). The number of hydrogen-bond donors (Lipinski definition) is 2. The zero-order valence-electron chi connectivity index (χ0n) is 14.2. The number of halogens is 1. The molecule has 2 heterocycles. The van der Waals surface area contributed by atoms with E-state index in [4.69, 9.17) is 0 Å². The number of aromatic amines is 1. The van der Waals surface area contributed by atoms with E-state index in [0.29, 0.717) is 12.2 Å². The molecule has 0 unspecified atom stereocenters. The van der Waals surface area contributed by atoms with Crippen LogP contribution in [0.2, 0.25) is 0 Å². The largest absolute Gasteiger partial charge is 0.351 e. The Balaban J connectivity index is 1.51. The van der Waals surface area contributed by atoms with Crippen LogP contribution in [-0.4, -0.2) is 32.4 Å². The Labute approximate surface area is 154 Å². The summed E-state index contributed by atoms with van der Waals surface area (Å²) in [6.45, 7) is 5.32. The highest BCUT2D eigenvalue weighted by atomic mass is 79.9. The molecule has 0 aliphatic rings. The number of amides is 1. The van der Waals surface area contributed by atoms with Crippen molar-refractivity contribution in [2.75, 3.05) is 6.54 Å². The van der Waals surface area contributed by atoms with E-state index in [-0.39, 0.29) is 5.91 Å². The van der Waals surface area contributed by atoms with Gasteiger partial charge >= 0.3 is 0 Å². The summed E-state index contributed by atoms with van der Waals surface area (Å²) < 4.78 is 2.87. The third-order valence-corrected chi connectivity index (χ3v) is 4.68. The number of H-pyrrole nitrogens is 1. The fourth-order valence-corrected chi connectivity index (χ4v) is 2.77. The molecule has 0 atom stereocenters. The molecule has 0 spiro atoms. The summed E-state index contributed by atoms with van der Waals surface area (Å²) in [5, 5.41) is 14.3. The number of benzene rings is 1. The number of rotatable bonds is 6. The van der Waals surface area contributed by atoms with Gasteiger partial charge in [-0.3, -0.25) is 14.6 Å². The van der Waals surface area contributed by atoms with Crippen molar-refractivity contribution in [2.24, 2.45) is 0 Å². The van der Waals surface area contributed by atoms with E-state index in [1.165, 1.54) is 5.56 Å². The van der Waals surface area contributed by atoms with Gasteiger partial charge < -0.3 is 5.32 Å². The maximum absolute atomic E-state index is 12.2. The van der Waals surface area contributed by atoms with Crippen molar-refractivity contribution in [3.05, 3.63) is 58.0 Å². The van der Waals surface area contributed by atoms with E-state index in [2.05, 4.69) is 36.5 Å². The van der Waals surface area contributed by atoms with Gasteiger partial charge in [0.1, 0.15) is 5.69 Å². The van der Waals surface area contributed by atoms with E-state index < -0.39 is 0 Å². The molecule has 0 aliphatic heterocycles. The van der Waals surface area contributed by atoms with E-state index in [9.17, 15) is 4.79 Å². The van der Waals surface area contributed by atoms with Crippen molar-refractivity contribution in [1.82, 2.24) is 25.3 Å². The van der Waals surface area contributed by atoms with Crippen LogP contribution in [0.4, 0.5) is 0 Å². The SMILES string of the molecule is Cc1ccc(-c2cc(C(=O)NCCCn3cc(Br)c(C)n3)[nH]n2)cc1. The highest BCUT2D eigenvalue weighted by Crippen LogP contribution is 2.18. The number of nitrogens with zero attached hydrogens (tertiary/aromatic N) is 3. The van der Waals surface area contributed by atoms with Crippen LogP contribution < -0.4 is 5.32 Å². The van der Waals surface area contributed by atoms with E-state index in [0.717, 1.165) is 34.4 Å². The minimum atomic E-state index is -0.149. The van der Waals surface area contributed by atoms with Gasteiger partial charge in [-0.15, -0.1) is 0 Å². The van der Waals surface area contributed by atoms with Crippen molar-refractivity contribution in [1.29, 1.82) is 0 Å². The summed E-state index contributed by atoms with van der Waals surface area (Å²) in [5.41, 5.74) is 4.37. The lowest BCUT2D eigenvalue weighted by molar-refractivity contribution is 0.0947. The average molecular weight is 402 g/mol. The summed E-state index contributed by atoms with van der Waals surface area (Å²) in [6.07, 6.45) is 2.75. The van der Waals surface area contributed by atoms with E-state index in [1.807, 2.05) is 49.0 Å². The molecule has 0 aliphatic carbocycles. The first-order chi connectivity index (χ1) is 12.0. The Hall–Kier alpha value is -2.41. The van der Waals surface area contributed by atoms with Crippen molar-refractivity contribution in [3.8, 4) is 11.3 Å². The summed E-state index contributed by atoms with van der Waals surface area (Å²) in [5.74, 6) is -0.149. The number of nitrogens with one attached hydrogen (secondary N) is 2.